The normalized spacial score (nSPS) is 16.4. The number of hydrogen-bond acceptors (Lipinski definition) is 8. The van der Waals surface area contributed by atoms with E-state index in [-0.39, 0.29) is 6.04 Å². The first-order valence-corrected chi connectivity index (χ1v) is 10.7. The monoisotopic (exact) mass is 406 g/mol. The van der Waals surface area contributed by atoms with Crippen molar-refractivity contribution in [1.29, 1.82) is 0 Å². The minimum Gasteiger partial charge on any atom is -0.353 e. The van der Waals surface area contributed by atoms with Gasteiger partial charge in [0, 0.05) is 31.6 Å². The van der Waals surface area contributed by atoms with Crippen molar-refractivity contribution in [2.24, 2.45) is 0 Å². The standard InChI is InChI=1S/C21H22N6OS/c1-14(21-22-15(2)25-28-21)26-9-11-27(12-10-26)20-16-6-3-4-7-17(16)23-19(24-20)18-8-5-13-29-18/h3-8,13-14H,9-12H2,1-2H3. The number of piperazine rings is 1. The fourth-order valence-electron chi connectivity index (χ4n) is 3.78. The summed E-state index contributed by atoms with van der Waals surface area (Å²) in [4.78, 5) is 20.0. The highest BCUT2D eigenvalue weighted by Crippen LogP contribution is 2.30. The summed E-state index contributed by atoms with van der Waals surface area (Å²) in [6.07, 6.45) is 0. The third-order valence-corrected chi connectivity index (χ3v) is 6.25. The molecule has 1 aromatic carbocycles. The Kier molecular flexibility index (Phi) is 4.73. The van der Waals surface area contributed by atoms with Crippen LogP contribution in [-0.2, 0) is 0 Å². The van der Waals surface area contributed by atoms with Gasteiger partial charge in [0.05, 0.1) is 16.4 Å². The smallest absolute Gasteiger partial charge is 0.243 e. The summed E-state index contributed by atoms with van der Waals surface area (Å²) < 4.78 is 5.37. The Morgan fingerprint density at radius 2 is 1.83 bits per heavy atom. The molecule has 0 N–H and O–H groups in total. The van der Waals surface area contributed by atoms with E-state index in [1.165, 1.54) is 0 Å². The molecule has 7 nitrogen and oxygen atoms in total. The van der Waals surface area contributed by atoms with Crippen LogP contribution in [0, 0.1) is 6.92 Å². The first kappa shape index (κ1) is 18.2. The summed E-state index contributed by atoms with van der Waals surface area (Å²) in [5.41, 5.74) is 0.984. The minimum absolute atomic E-state index is 0.113. The number of anilines is 1. The number of aryl methyl sites for hydroxylation is 1. The Balaban J connectivity index is 1.41. The van der Waals surface area contributed by atoms with Crippen molar-refractivity contribution >= 4 is 28.1 Å². The lowest BCUT2D eigenvalue weighted by molar-refractivity contribution is 0.164. The molecule has 29 heavy (non-hydrogen) atoms. The lowest BCUT2D eigenvalue weighted by Gasteiger charge is -2.37. The van der Waals surface area contributed by atoms with Gasteiger partial charge in [0.2, 0.25) is 5.89 Å². The van der Waals surface area contributed by atoms with E-state index in [1.807, 2.05) is 19.1 Å². The van der Waals surface area contributed by atoms with E-state index in [0.717, 1.165) is 53.6 Å². The second kappa shape index (κ2) is 7.53. The first-order chi connectivity index (χ1) is 14.2. The predicted octanol–water partition coefficient (Wildman–Crippen LogP) is 3.93. The SMILES string of the molecule is Cc1noc(C(C)N2CCN(c3nc(-c4cccs4)nc4ccccc34)CC2)n1. The Labute approximate surface area is 173 Å². The molecule has 4 heterocycles. The lowest BCUT2D eigenvalue weighted by atomic mass is 10.2. The number of hydrogen-bond donors (Lipinski definition) is 0. The van der Waals surface area contributed by atoms with Gasteiger partial charge in [0.25, 0.3) is 0 Å². The molecule has 3 aromatic heterocycles. The predicted molar refractivity (Wildman–Crippen MR) is 114 cm³/mol. The van der Waals surface area contributed by atoms with Crippen LogP contribution in [-0.4, -0.2) is 51.2 Å². The van der Waals surface area contributed by atoms with Crippen LogP contribution >= 0.6 is 11.3 Å². The highest BCUT2D eigenvalue weighted by molar-refractivity contribution is 7.13. The molecule has 5 rings (SSSR count). The number of benzene rings is 1. The fraction of sp³-hybridized carbons (Fsp3) is 0.333. The van der Waals surface area contributed by atoms with E-state index < -0.39 is 0 Å². The molecule has 4 aromatic rings. The average Bonchev–Trinajstić information content (AvgIpc) is 3.45. The number of para-hydroxylation sites is 1. The molecule has 1 unspecified atom stereocenters. The second-order valence-electron chi connectivity index (χ2n) is 7.24. The van der Waals surface area contributed by atoms with Gasteiger partial charge < -0.3 is 9.42 Å². The number of thiophene rings is 1. The van der Waals surface area contributed by atoms with Crippen LogP contribution < -0.4 is 4.90 Å². The molecule has 0 amide bonds. The summed E-state index contributed by atoms with van der Waals surface area (Å²) in [7, 11) is 0. The molecule has 1 saturated heterocycles. The zero-order chi connectivity index (χ0) is 19.8. The Bertz CT molecular complexity index is 1120. The maximum absolute atomic E-state index is 5.37. The van der Waals surface area contributed by atoms with E-state index in [0.29, 0.717) is 11.7 Å². The first-order valence-electron chi connectivity index (χ1n) is 9.79. The van der Waals surface area contributed by atoms with Crippen molar-refractivity contribution < 1.29 is 4.52 Å². The summed E-state index contributed by atoms with van der Waals surface area (Å²) in [5, 5.41) is 7.09. The van der Waals surface area contributed by atoms with Crippen molar-refractivity contribution in [3.63, 3.8) is 0 Å². The van der Waals surface area contributed by atoms with Gasteiger partial charge in [-0.25, -0.2) is 9.97 Å². The van der Waals surface area contributed by atoms with Crippen molar-refractivity contribution in [2.75, 3.05) is 31.1 Å². The van der Waals surface area contributed by atoms with Crippen LogP contribution in [0.2, 0.25) is 0 Å². The highest BCUT2D eigenvalue weighted by Gasteiger charge is 2.27. The molecule has 0 radical (unpaired) electrons. The quantitative estimate of drug-likeness (QED) is 0.508. The van der Waals surface area contributed by atoms with Crippen molar-refractivity contribution in [3.8, 4) is 10.7 Å². The van der Waals surface area contributed by atoms with Gasteiger partial charge in [-0.15, -0.1) is 11.3 Å². The Morgan fingerprint density at radius 3 is 2.55 bits per heavy atom. The molecule has 1 aliphatic rings. The van der Waals surface area contributed by atoms with Crippen LogP contribution in [0.1, 0.15) is 24.7 Å². The van der Waals surface area contributed by atoms with E-state index in [1.54, 1.807) is 11.3 Å². The third kappa shape index (κ3) is 3.49. The summed E-state index contributed by atoms with van der Waals surface area (Å²) in [6, 6.07) is 12.5. The zero-order valence-electron chi connectivity index (χ0n) is 16.4. The molecule has 0 aliphatic carbocycles. The topological polar surface area (TPSA) is 71.2 Å². The van der Waals surface area contributed by atoms with Crippen molar-refractivity contribution in [3.05, 3.63) is 53.5 Å². The second-order valence-corrected chi connectivity index (χ2v) is 8.19. The number of rotatable bonds is 4. The van der Waals surface area contributed by atoms with E-state index >= 15 is 0 Å². The summed E-state index contributed by atoms with van der Waals surface area (Å²) >= 11 is 1.67. The van der Waals surface area contributed by atoms with E-state index in [9.17, 15) is 0 Å². The molecule has 1 aliphatic heterocycles. The molecule has 0 saturated carbocycles. The highest BCUT2D eigenvalue weighted by atomic mass is 32.1. The van der Waals surface area contributed by atoms with Gasteiger partial charge in [-0.1, -0.05) is 23.4 Å². The van der Waals surface area contributed by atoms with Crippen molar-refractivity contribution in [1.82, 2.24) is 25.0 Å². The summed E-state index contributed by atoms with van der Waals surface area (Å²) in [6.45, 7) is 7.58. The van der Waals surface area contributed by atoms with Gasteiger partial charge in [-0.05, 0) is 37.4 Å². The fourth-order valence-corrected chi connectivity index (χ4v) is 4.43. The molecule has 8 heteroatoms. The van der Waals surface area contributed by atoms with Crippen molar-refractivity contribution in [2.45, 2.75) is 19.9 Å². The van der Waals surface area contributed by atoms with Crippen LogP contribution in [0.15, 0.2) is 46.3 Å². The summed E-state index contributed by atoms with van der Waals surface area (Å²) in [5.74, 6) is 3.17. The Hall–Kier alpha value is -2.84. The maximum atomic E-state index is 5.37. The molecule has 1 atom stereocenters. The molecule has 148 valence electrons. The maximum Gasteiger partial charge on any atom is 0.243 e. The van der Waals surface area contributed by atoms with E-state index in [4.69, 9.17) is 14.5 Å². The number of nitrogens with zero attached hydrogens (tertiary/aromatic N) is 6. The number of fused-ring (bicyclic) bond motifs is 1. The molecular formula is C21H22N6OS. The lowest BCUT2D eigenvalue weighted by Crippen LogP contribution is -2.47. The Morgan fingerprint density at radius 1 is 1.00 bits per heavy atom. The molecule has 1 fully saturated rings. The van der Waals surface area contributed by atoms with Crippen LogP contribution in [0.3, 0.4) is 0 Å². The molecular weight excluding hydrogens is 384 g/mol. The van der Waals surface area contributed by atoms with Crippen LogP contribution in [0.4, 0.5) is 5.82 Å². The third-order valence-electron chi connectivity index (χ3n) is 5.39. The average molecular weight is 407 g/mol. The largest absolute Gasteiger partial charge is 0.353 e. The van der Waals surface area contributed by atoms with Crippen LogP contribution in [0.5, 0.6) is 0 Å². The van der Waals surface area contributed by atoms with Gasteiger partial charge in [0.15, 0.2) is 11.6 Å². The van der Waals surface area contributed by atoms with Crippen LogP contribution in [0.25, 0.3) is 21.6 Å². The van der Waals surface area contributed by atoms with E-state index in [2.05, 4.69) is 56.5 Å². The number of aromatic nitrogens is 4. The minimum atomic E-state index is 0.113. The zero-order valence-corrected chi connectivity index (χ0v) is 17.3. The molecule has 0 bridgehead atoms. The van der Waals surface area contributed by atoms with Gasteiger partial charge in [-0.3, -0.25) is 4.90 Å². The van der Waals surface area contributed by atoms with Gasteiger partial charge in [-0.2, -0.15) is 4.98 Å². The van der Waals surface area contributed by atoms with Gasteiger partial charge >= 0.3 is 0 Å². The van der Waals surface area contributed by atoms with Gasteiger partial charge in [0.1, 0.15) is 5.82 Å². The molecule has 0 spiro atoms.